The van der Waals surface area contributed by atoms with Crippen LogP contribution in [-0.4, -0.2) is 54.0 Å². The van der Waals surface area contributed by atoms with Crippen LogP contribution < -0.4 is 15.4 Å². The molecule has 7 nitrogen and oxygen atoms in total. The lowest BCUT2D eigenvalue weighted by atomic mass is 10.2. The van der Waals surface area contributed by atoms with Crippen molar-refractivity contribution >= 4 is 11.9 Å². The predicted octanol–water partition coefficient (Wildman–Crippen LogP) is 2.18. The van der Waals surface area contributed by atoms with Gasteiger partial charge in [-0.15, -0.1) is 0 Å². The van der Waals surface area contributed by atoms with Crippen LogP contribution in [0.4, 0.5) is 0 Å². The number of hydrogen-bond donors (Lipinski definition) is 2. The van der Waals surface area contributed by atoms with Crippen LogP contribution in [0.3, 0.4) is 0 Å². The summed E-state index contributed by atoms with van der Waals surface area (Å²) in [4.78, 5) is 23.2. The first kappa shape index (κ1) is 20.4. The molecule has 1 saturated heterocycles. The van der Waals surface area contributed by atoms with Gasteiger partial charge < -0.3 is 20.3 Å². The molecule has 1 unspecified atom stereocenters. The van der Waals surface area contributed by atoms with Gasteiger partial charge in [0.2, 0.25) is 11.8 Å². The maximum absolute atomic E-state index is 12.2. The van der Waals surface area contributed by atoms with E-state index in [0.717, 1.165) is 50.1 Å². The molecule has 2 N–H and O–H groups in total. The number of carbonyl (C=O) groups excluding carboxylic acids is 1. The number of carbonyl (C=O) groups is 1. The molecule has 28 heavy (non-hydrogen) atoms. The van der Waals surface area contributed by atoms with Gasteiger partial charge >= 0.3 is 0 Å². The molecule has 154 valence electrons. The molecule has 1 atom stereocenters. The number of ether oxygens (including phenoxy) is 1. The van der Waals surface area contributed by atoms with E-state index in [-0.39, 0.29) is 17.9 Å². The Kier molecular flexibility index (Phi) is 7.12. The van der Waals surface area contributed by atoms with Gasteiger partial charge in [0.05, 0.1) is 13.2 Å². The molecule has 3 rings (SSSR count). The smallest absolute Gasteiger partial charge is 0.225 e. The second kappa shape index (κ2) is 9.75. The summed E-state index contributed by atoms with van der Waals surface area (Å²) >= 11 is 0. The highest BCUT2D eigenvalue weighted by Crippen LogP contribution is 2.29. The molecule has 2 aliphatic rings. The van der Waals surface area contributed by atoms with Crippen molar-refractivity contribution in [1.82, 2.24) is 20.5 Å². The molecule has 1 aliphatic heterocycles. The molecule has 7 heteroatoms. The number of nitrogens with one attached hydrogen (secondary N) is 2. The third-order valence-electron chi connectivity index (χ3n) is 5.06. The van der Waals surface area contributed by atoms with Crippen molar-refractivity contribution < 1.29 is 9.53 Å². The monoisotopic (exact) mass is 387 g/mol. The minimum Gasteiger partial charge on any atom is -0.477 e. The lowest BCUT2D eigenvalue weighted by Crippen LogP contribution is -2.45. The van der Waals surface area contributed by atoms with Crippen molar-refractivity contribution in [2.75, 3.05) is 26.2 Å². The summed E-state index contributed by atoms with van der Waals surface area (Å²) in [6.07, 6.45) is 5.32. The van der Waals surface area contributed by atoms with Gasteiger partial charge in [-0.25, -0.2) is 9.98 Å². The maximum Gasteiger partial charge on any atom is 0.225 e. The first-order chi connectivity index (χ1) is 13.5. The van der Waals surface area contributed by atoms with Gasteiger partial charge in [0, 0.05) is 43.9 Å². The minimum absolute atomic E-state index is 0.0457. The van der Waals surface area contributed by atoms with Crippen molar-refractivity contribution in [3.63, 3.8) is 0 Å². The standard InChI is InChI=1S/C21H33N5O2/c1-4-22-21(25-18-9-10-26(13-18)20(27)15(2)3)24-12-17-7-8-19(23-11-17)28-14-16-5-6-16/h7-8,11,15-16,18H,4-6,9-10,12-14H2,1-3H3,(H2,22,24,25). The molecule has 0 bridgehead atoms. The Morgan fingerprint density at radius 3 is 2.82 bits per heavy atom. The number of likely N-dealkylation sites (tertiary alicyclic amines) is 1. The van der Waals surface area contributed by atoms with Gasteiger partial charge in [-0.2, -0.15) is 0 Å². The Bertz CT molecular complexity index is 670. The second-order valence-corrected chi connectivity index (χ2v) is 8.02. The Morgan fingerprint density at radius 2 is 2.18 bits per heavy atom. The van der Waals surface area contributed by atoms with E-state index < -0.39 is 0 Å². The number of rotatable bonds is 8. The minimum atomic E-state index is 0.0457. The van der Waals surface area contributed by atoms with Crippen molar-refractivity contribution in [1.29, 1.82) is 0 Å². The molecule has 1 aromatic rings. The fraction of sp³-hybridized carbons (Fsp3) is 0.667. The highest BCUT2D eigenvalue weighted by atomic mass is 16.5. The number of aromatic nitrogens is 1. The molecule has 0 radical (unpaired) electrons. The van der Waals surface area contributed by atoms with Gasteiger partial charge in [0.25, 0.3) is 0 Å². The van der Waals surface area contributed by atoms with Crippen LogP contribution in [0.2, 0.25) is 0 Å². The zero-order chi connectivity index (χ0) is 19.9. The largest absolute Gasteiger partial charge is 0.477 e. The summed E-state index contributed by atoms with van der Waals surface area (Å²) in [6.45, 7) is 9.60. The first-order valence-electron chi connectivity index (χ1n) is 10.5. The average molecular weight is 388 g/mol. The zero-order valence-corrected chi connectivity index (χ0v) is 17.3. The predicted molar refractivity (Wildman–Crippen MR) is 110 cm³/mol. The zero-order valence-electron chi connectivity index (χ0n) is 17.3. The first-order valence-corrected chi connectivity index (χ1v) is 10.5. The van der Waals surface area contributed by atoms with Gasteiger partial charge in [0.15, 0.2) is 5.96 Å². The Labute approximate surface area is 168 Å². The average Bonchev–Trinajstić information content (AvgIpc) is 3.41. The van der Waals surface area contributed by atoms with Crippen LogP contribution in [0.25, 0.3) is 0 Å². The molecule has 2 fully saturated rings. The number of nitrogens with zero attached hydrogens (tertiary/aromatic N) is 3. The molecule has 1 aliphatic carbocycles. The van der Waals surface area contributed by atoms with Crippen LogP contribution in [0, 0.1) is 11.8 Å². The lowest BCUT2D eigenvalue weighted by molar-refractivity contribution is -0.133. The number of pyridine rings is 1. The van der Waals surface area contributed by atoms with Crippen LogP contribution in [-0.2, 0) is 11.3 Å². The molecule has 1 aromatic heterocycles. The molecular formula is C21H33N5O2. The summed E-state index contributed by atoms with van der Waals surface area (Å²) in [6, 6.07) is 4.16. The third kappa shape index (κ3) is 6.11. The lowest BCUT2D eigenvalue weighted by Gasteiger charge is -2.20. The van der Waals surface area contributed by atoms with Crippen LogP contribution in [0.5, 0.6) is 5.88 Å². The summed E-state index contributed by atoms with van der Waals surface area (Å²) in [5, 5.41) is 6.75. The van der Waals surface area contributed by atoms with Gasteiger partial charge in [-0.3, -0.25) is 4.79 Å². The molecule has 0 spiro atoms. The van der Waals surface area contributed by atoms with Crippen molar-refractivity contribution in [2.24, 2.45) is 16.8 Å². The van der Waals surface area contributed by atoms with E-state index >= 15 is 0 Å². The van der Waals surface area contributed by atoms with Gasteiger partial charge in [-0.05, 0) is 37.7 Å². The maximum atomic E-state index is 12.2. The van der Waals surface area contributed by atoms with E-state index in [1.165, 1.54) is 12.8 Å². The van der Waals surface area contributed by atoms with E-state index in [1.807, 2.05) is 44.0 Å². The van der Waals surface area contributed by atoms with Crippen LogP contribution >= 0.6 is 0 Å². The molecule has 1 amide bonds. The Morgan fingerprint density at radius 1 is 1.36 bits per heavy atom. The van der Waals surface area contributed by atoms with Gasteiger partial charge in [0.1, 0.15) is 0 Å². The van der Waals surface area contributed by atoms with Crippen LogP contribution in [0.15, 0.2) is 23.3 Å². The summed E-state index contributed by atoms with van der Waals surface area (Å²) in [7, 11) is 0. The van der Waals surface area contributed by atoms with E-state index in [1.54, 1.807) is 0 Å². The summed E-state index contributed by atoms with van der Waals surface area (Å²) < 4.78 is 5.68. The van der Waals surface area contributed by atoms with E-state index in [9.17, 15) is 4.79 Å². The Hall–Kier alpha value is -2.31. The van der Waals surface area contributed by atoms with Crippen molar-refractivity contribution in [3.8, 4) is 5.88 Å². The SMILES string of the molecule is CCNC(=NCc1ccc(OCC2CC2)nc1)NC1CCN(C(=O)C(C)C)C1. The molecular weight excluding hydrogens is 354 g/mol. The third-order valence-corrected chi connectivity index (χ3v) is 5.06. The Balaban J connectivity index is 1.50. The quantitative estimate of drug-likeness (QED) is 0.528. The molecule has 1 saturated carbocycles. The van der Waals surface area contributed by atoms with Crippen LogP contribution in [0.1, 0.15) is 45.6 Å². The fourth-order valence-electron chi connectivity index (χ4n) is 3.20. The van der Waals surface area contributed by atoms with Crippen molar-refractivity contribution in [3.05, 3.63) is 23.9 Å². The normalized spacial score (nSPS) is 19.8. The number of aliphatic imine (C=N–C) groups is 1. The second-order valence-electron chi connectivity index (χ2n) is 8.02. The topological polar surface area (TPSA) is 78.9 Å². The number of amides is 1. The highest BCUT2D eigenvalue weighted by Gasteiger charge is 2.28. The molecule has 2 heterocycles. The molecule has 0 aromatic carbocycles. The van der Waals surface area contributed by atoms with E-state index in [2.05, 4.69) is 20.6 Å². The number of guanidine groups is 1. The van der Waals surface area contributed by atoms with E-state index in [4.69, 9.17) is 4.74 Å². The fourth-order valence-corrected chi connectivity index (χ4v) is 3.20. The number of hydrogen-bond acceptors (Lipinski definition) is 4. The van der Waals surface area contributed by atoms with E-state index in [0.29, 0.717) is 12.4 Å². The highest BCUT2D eigenvalue weighted by molar-refractivity contribution is 5.81. The summed E-state index contributed by atoms with van der Waals surface area (Å²) in [5.74, 6) is 2.46. The van der Waals surface area contributed by atoms with Gasteiger partial charge in [-0.1, -0.05) is 19.9 Å². The van der Waals surface area contributed by atoms with Crippen molar-refractivity contribution in [2.45, 2.75) is 52.6 Å². The summed E-state index contributed by atoms with van der Waals surface area (Å²) in [5.41, 5.74) is 1.04.